The largest absolute Gasteiger partial charge is 0.497 e. The summed E-state index contributed by atoms with van der Waals surface area (Å²) in [5.41, 5.74) is 0. The Morgan fingerprint density at radius 2 is 1.95 bits per heavy atom. The second-order valence-electron chi connectivity index (χ2n) is 4.08. The smallest absolute Gasteiger partial charge is 0.260 e. The van der Waals surface area contributed by atoms with E-state index in [1.54, 1.807) is 38.3 Å². The van der Waals surface area contributed by atoms with Crippen LogP contribution in [0.2, 0.25) is 0 Å². The number of rotatable bonds is 7. The van der Waals surface area contributed by atoms with E-state index in [0.29, 0.717) is 12.3 Å². The first-order chi connectivity index (χ1) is 9.17. The van der Waals surface area contributed by atoms with Gasteiger partial charge in [-0.25, -0.2) is 0 Å². The van der Waals surface area contributed by atoms with Gasteiger partial charge in [0.25, 0.3) is 5.91 Å². The highest BCUT2D eigenvalue weighted by Gasteiger charge is 2.13. The molecule has 1 unspecified atom stereocenters. The average molecular weight is 263 g/mol. The highest BCUT2D eigenvalue weighted by Crippen LogP contribution is 2.18. The van der Waals surface area contributed by atoms with E-state index in [0.717, 1.165) is 12.2 Å². The molecule has 0 heterocycles. The standard InChI is InChI=1S/C15H21NO3/c1-4-5-6-11-16-15(17)12(2)19-14-9-7-13(18-3)8-10-14/h4-5,7-10,12H,6,11H2,1-3H3,(H,16,17)/b5-4+. The van der Waals surface area contributed by atoms with E-state index in [1.807, 2.05) is 19.1 Å². The predicted octanol–water partition coefficient (Wildman–Crippen LogP) is 2.54. The Labute approximate surface area is 114 Å². The molecule has 1 N–H and O–H groups in total. The third-order valence-electron chi connectivity index (χ3n) is 2.59. The second kappa shape index (κ2) is 8.19. The van der Waals surface area contributed by atoms with E-state index in [-0.39, 0.29) is 5.91 Å². The summed E-state index contributed by atoms with van der Waals surface area (Å²) in [6.45, 7) is 4.31. The van der Waals surface area contributed by atoms with Crippen molar-refractivity contribution < 1.29 is 14.3 Å². The maximum atomic E-state index is 11.7. The van der Waals surface area contributed by atoms with Crippen molar-refractivity contribution in [2.75, 3.05) is 13.7 Å². The Morgan fingerprint density at radius 3 is 2.53 bits per heavy atom. The first-order valence-corrected chi connectivity index (χ1v) is 6.37. The Balaban J connectivity index is 2.39. The van der Waals surface area contributed by atoms with Gasteiger partial charge in [-0.1, -0.05) is 12.2 Å². The maximum Gasteiger partial charge on any atom is 0.260 e. The molecule has 0 spiro atoms. The number of hydrogen-bond donors (Lipinski definition) is 1. The average Bonchev–Trinajstić information content (AvgIpc) is 2.44. The highest BCUT2D eigenvalue weighted by molar-refractivity contribution is 5.80. The first kappa shape index (κ1) is 15.1. The minimum absolute atomic E-state index is 0.111. The van der Waals surface area contributed by atoms with Gasteiger partial charge in [-0.05, 0) is 44.5 Å². The van der Waals surface area contributed by atoms with Crippen LogP contribution in [-0.2, 0) is 4.79 Å². The van der Waals surface area contributed by atoms with Gasteiger partial charge in [0.2, 0.25) is 0 Å². The normalized spacial score (nSPS) is 12.2. The van der Waals surface area contributed by atoms with Gasteiger partial charge in [0, 0.05) is 6.54 Å². The number of hydrogen-bond acceptors (Lipinski definition) is 3. The van der Waals surface area contributed by atoms with Crippen LogP contribution in [0.4, 0.5) is 0 Å². The molecular formula is C15H21NO3. The first-order valence-electron chi connectivity index (χ1n) is 6.37. The SMILES string of the molecule is C/C=C/CCNC(=O)C(C)Oc1ccc(OC)cc1. The number of carbonyl (C=O) groups is 1. The zero-order chi connectivity index (χ0) is 14.1. The van der Waals surface area contributed by atoms with Crippen LogP contribution in [0.1, 0.15) is 20.3 Å². The van der Waals surface area contributed by atoms with Crippen LogP contribution in [0.25, 0.3) is 0 Å². The van der Waals surface area contributed by atoms with Crippen LogP contribution in [0.3, 0.4) is 0 Å². The second-order valence-corrected chi connectivity index (χ2v) is 4.08. The van der Waals surface area contributed by atoms with Crippen LogP contribution in [-0.4, -0.2) is 25.7 Å². The molecule has 0 aromatic heterocycles. The fourth-order valence-electron chi connectivity index (χ4n) is 1.50. The van der Waals surface area contributed by atoms with Crippen LogP contribution >= 0.6 is 0 Å². The summed E-state index contributed by atoms with van der Waals surface area (Å²) < 4.78 is 10.6. The number of methoxy groups -OCH3 is 1. The monoisotopic (exact) mass is 263 g/mol. The molecule has 4 heteroatoms. The van der Waals surface area contributed by atoms with Gasteiger partial charge in [0.05, 0.1) is 7.11 Å². The van der Waals surface area contributed by atoms with Crippen LogP contribution in [0.15, 0.2) is 36.4 Å². The lowest BCUT2D eigenvalue weighted by Crippen LogP contribution is -2.36. The quantitative estimate of drug-likeness (QED) is 0.607. The Kier molecular flexibility index (Phi) is 6.50. The molecule has 1 amide bonds. The number of nitrogens with one attached hydrogen (secondary N) is 1. The summed E-state index contributed by atoms with van der Waals surface area (Å²) in [4.78, 5) is 11.7. The van der Waals surface area contributed by atoms with Crippen molar-refractivity contribution in [3.05, 3.63) is 36.4 Å². The zero-order valence-corrected chi connectivity index (χ0v) is 11.7. The van der Waals surface area contributed by atoms with Gasteiger partial charge in [0.15, 0.2) is 6.10 Å². The van der Waals surface area contributed by atoms with E-state index < -0.39 is 6.10 Å². The minimum Gasteiger partial charge on any atom is -0.497 e. The van der Waals surface area contributed by atoms with Gasteiger partial charge in [0.1, 0.15) is 11.5 Å². The van der Waals surface area contributed by atoms with Crippen LogP contribution in [0, 0.1) is 0 Å². The van der Waals surface area contributed by atoms with Crippen LogP contribution < -0.4 is 14.8 Å². The fourth-order valence-corrected chi connectivity index (χ4v) is 1.50. The molecule has 1 atom stereocenters. The van der Waals surface area contributed by atoms with Gasteiger partial charge >= 0.3 is 0 Å². The van der Waals surface area contributed by atoms with Gasteiger partial charge < -0.3 is 14.8 Å². The number of amides is 1. The highest BCUT2D eigenvalue weighted by atomic mass is 16.5. The van der Waals surface area contributed by atoms with Crippen molar-refractivity contribution in [3.8, 4) is 11.5 Å². The number of ether oxygens (including phenoxy) is 2. The Bertz CT molecular complexity index is 412. The lowest BCUT2D eigenvalue weighted by molar-refractivity contribution is -0.127. The van der Waals surface area contributed by atoms with Crippen molar-refractivity contribution in [2.24, 2.45) is 0 Å². The third kappa shape index (κ3) is 5.46. The molecule has 19 heavy (non-hydrogen) atoms. The number of carbonyl (C=O) groups excluding carboxylic acids is 1. The van der Waals surface area contributed by atoms with E-state index in [2.05, 4.69) is 5.32 Å². The lowest BCUT2D eigenvalue weighted by Gasteiger charge is -2.14. The summed E-state index contributed by atoms with van der Waals surface area (Å²) in [7, 11) is 1.61. The molecule has 4 nitrogen and oxygen atoms in total. The molecule has 0 aliphatic heterocycles. The molecule has 0 saturated heterocycles. The van der Waals surface area contributed by atoms with Crippen molar-refractivity contribution in [2.45, 2.75) is 26.4 Å². The van der Waals surface area contributed by atoms with E-state index in [4.69, 9.17) is 9.47 Å². The summed E-state index contributed by atoms with van der Waals surface area (Å²) in [5.74, 6) is 1.30. The van der Waals surface area contributed by atoms with Crippen molar-refractivity contribution >= 4 is 5.91 Å². The Morgan fingerprint density at radius 1 is 1.32 bits per heavy atom. The molecule has 1 aromatic carbocycles. The predicted molar refractivity (Wildman–Crippen MR) is 75.5 cm³/mol. The summed E-state index contributed by atoms with van der Waals surface area (Å²) in [6, 6.07) is 7.16. The summed E-state index contributed by atoms with van der Waals surface area (Å²) in [6.07, 6.45) is 4.29. The van der Waals surface area contributed by atoms with Crippen molar-refractivity contribution in [1.29, 1.82) is 0 Å². The number of benzene rings is 1. The molecule has 1 aromatic rings. The molecule has 0 aliphatic carbocycles. The molecule has 1 rings (SSSR count). The maximum absolute atomic E-state index is 11.7. The fraction of sp³-hybridized carbons (Fsp3) is 0.400. The molecular weight excluding hydrogens is 242 g/mol. The molecule has 0 aliphatic rings. The molecule has 0 bridgehead atoms. The lowest BCUT2D eigenvalue weighted by atomic mass is 10.3. The summed E-state index contributed by atoms with van der Waals surface area (Å²) >= 11 is 0. The molecule has 0 fully saturated rings. The molecule has 104 valence electrons. The van der Waals surface area contributed by atoms with Crippen molar-refractivity contribution in [1.82, 2.24) is 5.32 Å². The van der Waals surface area contributed by atoms with Gasteiger partial charge in [-0.2, -0.15) is 0 Å². The molecule has 0 saturated carbocycles. The van der Waals surface area contributed by atoms with Gasteiger partial charge in [-0.3, -0.25) is 4.79 Å². The number of allylic oxidation sites excluding steroid dienone is 1. The summed E-state index contributed by atoms with van der Waals surface area (Å²) in [5, 5.41) is 2.82. The minimum atomic E-state index is -0.515. The topological polar surface area (TPSA) is 47.6 Å². The van der Waals surface area contributed by atoms with E-state index >= 15 is 0 Å². The van der Waals surface area contributed by atoms with Crippen molar-refractivity contribution in [3.63, 3.8) is 0 Å². The third-order valence-corrected chi connectivity index (χ3v) is 2.59. The zero-order valence-electron chi connectivity index (χ0n) is 11.7. The van der Waals surface area contributed by atoms with E-state index in [1.165, 1.54) is 0 Å². The van der Waals surface area contributed by atoms with Gasteiger partial charge in [-0.15, -0.1) is 0 Å². The Hall–Kier alpha value is -1.97. The van der Waals surface area contributed by atoms with Crippen LogP contribution in [0.5, 0.6) is 11.5 Å². The van der Waals surface area contributed by atoms with E-state index in [9.17, 15) is 4.79 Å². The molecule has 0 radical (unpaired) electrons.